The fourth-order valence-electron chi connectivity index (χ4n) is 0.925. The van der Waals surface area contributed by atoms with Crippen LogP contribution in [0.15, 0.2) is 0 Å². The predicted molar refractivity (Wildman–Crippen MR) is 30.6 cm³/mol. The first-order valence-corrected chi connectivity index (χ1v) is 2.94. The molecule has 4 nitrogen and oxygen atoms in total. The molecule has 0 aromatic heterocycles. The van der Waals surface area contributed by atoms with E-state index in [0.29, 0.717) is 6.42 Å². The van der Waals surface area contributed by atoms with Gasteiger partial charge < -0.3 is 20.7 Å². The summed E-state index contributed by atoms with van der Waals surface area (Å²) in [4.78, 5) is 0. The first kappa shape index (κ1) is 6.95. The lowest BCUT2D eigenvalue weighted by atomic mass is 10.2. The van der Waals surface area contributed by atoms with Crippen LogP contribution in [-0.2, 0) is 4.74 Å². The minimum absolute atomic E-state index is 0.158. The number of hydrogen-bond acceptors (Lipinski definition) is 4. The van der Waals surface area contributed by atoms with Crippen molar-refractivity contribution in [2.45, 2.75) is 24.9 Å². The average Bonchev–Trinajstić information content (AvgIpc) is 2.10. The molecule has 4 heteroatoms. The van der Waals surface area contributed by atoms with Crippen LogP contribution < -0.4 is 5.73 Å². The van der Waals surface area contributed by atoms with Crippen molar-refractivity contribution in [2.24, 2.45) is 5.73 Å². The van der Waals surface area contributed by atoms with Crippen molar-refractivity contribution in [1.82, 2.24) is 0 Å². The summed E-state index contributed by atoms with van der Waals surface area (Å²) in [5.41, 5.74) is 5.30. The summed E-state index contributed by atoms with van der Waals surface area (Å²) >= 11 is 0. The van der Waals surface area contributed by atoms with Gasteiger partial charge in [0.1, 0.15) is 12.3 Å². The molecule has 0 radical (unpaired) electrons. The summed E-state index contributed by atoms with van der Waals surface area (Å²) in [6.07, 6.45) is -1.05. The van der Waals surface area contributed by atoms with Crippen molar-refractivity contribution in [1.29, 1.82) is 0 Å². The maximum atomic E-state index is 8.99. The van der Waals surface area contributed by atoms with Gasteiger partial charge in [0.2, 0.25) is 0 Å². The van der Waals surface area contributed by atoms with Gasteiger partial charge in [-0.1, -0.05) is 0 Å². The third-order valence-electron chi connectivity index (χ3n) is 1.43. The van der Waals surface area contributed by atoms with E-state index in [-0.39, 0.29) is 6.61 Å². The van der Waals surface area contributed by atoms with Crippen LogP contribution in [0.25, 0.3) is 0 Å². The molecule has 0 aromatic carbocycles. The van der Waals surface area contributed by atoms with Gasteiger partial charge in [-0.2, -0.15) is 0 Å². The molecule has 1 saturated heterocycles. The fraction of sp³-hybridized carbons (Fsp3) is 1.00. The highest BCUT2D eigenvalue weighted by Gasteiger charge is 2.30. The van der Waals surface area contributed by atoms with E-state index in [2.05, 4.69) is 0 Å². The minimum atomic E-state index is -0.593. The first-order valence-electron chi connectivity index (χ1n) is 2.94. The van der Waals surface area contributed by atoms with Gasteiger partial charge in [0, 0.05) is 6.42 Å². The Morgan fingerprint density at radius 3 is 2.56 bits per heavy atom. The Morgan fingerprint density at radius 1 is 1.67 bits per heavy atom. The monoisotopic (exact) mass is 133 g/mol. The molecule has 0 bridgehead atoms. The van der Waals surface area contributed by atoms with Crippen LogP contribution in [0.3, 0.4) is 0 Å². The zero-order valence-electron chi connectivity index (χ0n) is 5.03. The van der Waals surface area contributed by atoms with Crippen LogP contribution in [0.1, 0.15) is 6.42 Å². The Kier molecular flexibility index (Phi) is 2.02. The number of hydrogen-bond donors (Lipinski definition) is 3. The van der Waals surface area contributed by atoms with Crippen molar-refractivity contribution in [3.8, 4) is 0 Å². The number of rotatable bonds is 1. The topological polar surface area (TPSA) is 75.7 Å². The van der Waals surface area contributed by atoms with E-state index in [9.17, 15) is 0 Å². The molecule has 1 heterocycles. The van der Waals surface area contributed by atoms with E-state index < -0.39 is 18.4 Å². The lowest BCUT2D eigenvalue weighted by Crippen LogP contribution is -2.25. The van der Waals surface area contributed by atoms with Gasteiger partial charge >= 0.3 is 0 Å². The molecule has 0 amide bonds. The Hall–Kier alpha value is -0.160. The lowest BCUT2D eigenvalue weighted by molar-refractivity contribution is -0.0200. The SMILES string of the molecule is NC1C[C@H](O)[C@@H](CO)O1. The molecule has 1 aliphatic heterocycles. The highest BCUT2D eigenvalue weighted by Crippen LogP contribution is 2.15. The van der Waals surface area contributed by atoms with Crippen LogP contribution in [0.5, 0.6) is 0 Å². The Morgan fingerprint density at radius 2 is 2.33 bits per heavy atom. The van der Waals surface area contributed by atoms with Crippen LogP contribution in [0.4, 0.5) is 0 Å². The third-order valence-corrected chi connectivity index (χ3v) is 1.43. The molecule has 54 valence electrons. The average molecular weight is 133 g/mol. The van der Waals surface area contributed by atoms with Gasteiger partial charge in [0.15, 0.2) is 0 Å². The van der Waals surface area contributed by atoms with Crippen molar-refractivity contribution < 1.29 is 14.9 Å². The van der Waals surface area contributed by atoms with Gasteiger partial charge in [0.25, 0.3) is 0 Å². The molecule has 3 atom stereocenters. The number of nitrogens with two attached hydrogens (primary N) is 1. The summed E-state index contributed by atoms with van der Waals surface area (Å²) in [5, 5.41) is 17.5. The first-order chi connectivity index (χ1) is 4.24. The van der Waals surface area contributed by atoms with Crippen molar-refractivity contribution in [3.63, 3.8) is 0 Å². The van der Waals surface area contributed by atoms with E-state index in [1.807, 2.05) is 0 Å². The second-order valence-electron chi connectivity index (χ2n) is 2.20. The molecule has 1 aliphatic rings. The normalized spacial score (nSPS) is 43.7. The van der Waals surface area contributed by atoms with Gasteiger partial charge in [-0.15, -0.1) is 0 Å². The fourth-order valence-corrected chi connectivity index (χ4v) is 0.925. The highest BCUT2D eigenvalue weighted by molar-refractivity contribution is 4.77. The summed E-state index contributed by atoms with van der Waals surface area (Å²) < 4.78 is 4.90. The van der Waals surface area contributed by atoms with Gasteiger partial charge in [0.05, 0.1) is 12.7 Å². The largest absolute Gasteiger partial charge is 0.394 e. The Labute approximate surface area is 53.2 Å². The van der Waals surface area contributed by atoms with Crippen LogP contribution in [-0.4, -0.2) is 35.3 Å². The third kappa shape index (κ3) is 1.40. The second kappa shape index (κ2) is 2.62. The highest BCUT2D eigenvalue weighted by atomic mass is 16.5. The Bertz CT molecular complexity index is 98.2. The predicted octanol–water partition coefficient (Wildman–Crippen LogP) is -1.59. The van der Waals surface area contributed by atoms with E-state index in [1.54, 1.807) is 0 Å². The molecular weight excluding hydrogens is 122 g/mol. The maximum absolute atomic E-state index is 8.99. The molecule has 0 aliphatic carbocycles. The van der Waals surface area contributed by atoms with Gasteiger partial charge in [-0.25, -0.2) is 0 Å². The summed E-state index contributed by atoms with van der Waals surface area (Å²) in [6.45, 7) is -0.158. The number of ether oxygens (including phenoxy) is 1. The van der Waals surface area contributed by atoms with E-state index in [0.717, 1.165) is 0 Å². The molecular formula is C5H11NO3. The lowest BCUT2D eigenvalue weighted by Gasteiger charge is -2.08. The summed E-state index contributed by atoms with van der Waals surface area (Å²) in [5.74, 6) is 0. The zero-order valence-corrected chi connectivity index (χ0v) is 5.03. The molecule has 0 spiro atoms. The summed E-state index contributed by atoms with van der Waals surface area (Å²) in [7, 11) is 0. The quantitative estimate of drug-likeness (QED) is 0.403. The van der Waals surface area contributed by atoms with Crippen LogP contribution in [0, 0.1) is 0 Å². The van der Waals surface area contributed by atoms with Crippen molar-refractivity contribution in [2.75, 3.05) is 6.61 Å². The minimum Gasteiger partial charge on any atom is -0.394 e. The van der Waals surface area contributed by atoms with Gasteiger partial charge in [-0.05, 0) is 0 Å². The van der Waals surface area contributed by atoms with E-state index in [4.69, 9.17) is 20.7 Å². The van der Waals surface area contributed by atoms with Gasteiger partial charge in [-0.3, -0.25) is 0 Å². The maximum Gasteiger partial charge on any atom is 0.109 e. The molecule has 4 N–H and O–H groups in total. The summed E-state index contributed by atoms with van der Waals surface area (Å²) in [6, 6.07) is 0. The molecule has 9 heavy (non-hydrogen) atoms. The van der Waals surface area contributed by atoms with Crippen LogP contribution in [0.2, 0.25) is 0 Å². The van der Waals surface area contributed by atoms with Crippen molar-refractivity contribution >= 4 is 0 Å². The molecule has 0 aromatic rings. The smallest absolute Gasteiger partial charge is 0.109 e. The Balaban J connectivity index is 2.38. The van der Waals surface area contributed by atoms with E-state index in [1.165, 1.54) is 0 Å². The second-order valence-corrected chi connectivity index (χ2v) is 2.20. The standard InChI is InChI=1S/C5H11NO3/c6-5-1-3(8)4(2-7)9-5/h3-5,7-8H,1-2,6H2/t3-,4+,5?/m0/s1. The molecule has 0 saturated carbocycles. The molecule has 1 rings (SSSR count). The number of aliphatic hydroxyl groups excluding tert-OH is 2. The van der Waals surface area contributed by atoms with Crippen molar-refractivity contribution in [3.05, 3.63) is 0 Å². The van der Waals surface area contributed by atoms with Crippen LogP contribution >= 0.6 is 0 Å². The molecule has 1 fully saturated rings. The zero-order chi connectivity index (χ0) is 6.85. The number of aliphatic hydroxyl groups is 2. The van der Waals surface area contributed by atoms with E-state index >= 15 is 0 Å². The molecule has 1 unspecified atom stereocenters.